The minimum absolute atomic E-state index is 0.369. The van der Waals surface area contributed by atoms with Crippen molar-refractivity contribution in [2.45, 2.75) is 44.2 Å². The van der Waals surface area contributed by atoms with Gasteiger partial charge in [0.25, 0.3) is 0 Å². The highest BCUT2D eigenvalue weighted by atomic mass is 16.5. The van der Waals surface area contributed by atoms with Crippen molar-refractivity contribution in [1.82, 2.24) is 4.98 Å². The summed E-state index contributed by atoms with van der Waals surface area (Å²) in [5.41, 5.74) is 6.64. The van der Waals surface area contributed by atoms with Crippen LogP contribution in [0.3, 0.4) is 0 Å². The van der Waals surface area contributed by atoms with E-state index in [0.717, 1.165) is 25.6 Å². The molecule has 114 valence electrons. The van der Waals surface area contributed by atoms with Gasteiger partial charge >= 0.3 is 0 Å². The van der Waals surface area contributed by atoms with Crippen molar-refractivity contribution in [2.75, 3.05) is 30.4 Å². The summed E-state index contributed by atoms with van der Waals surface area (Å²) in [6.45, 7) is 2.43. The number of fused-ring (bicyclic) bond motifs is 1. The van der Waals surface area contributed by atoms with Crippen LogP contribution in [0, 0.1) is 5.92 Å². The average Bonchev–Trinajstić information content (AvgIpc) is 3.21. The normalized spacial score (nSPS) is 28.5. The first-order valence-electron chi connectivity index (χ1n) is 8.09. The molecule has 2 atom stereocenters. The number of nitrogens with two attached hydrogens (primary N) is 1. The van der Waals surface area contributed by atoms with Crippen molar-refractivity contribution in [3.63, 3.8) is 0 Å². The Balaban J connectivity index is 1.54. The van der Waals surface area contributed by atoms with Crippen LogP contribution in [0.4, 0.5) is 11.5 Å². The van der Waals surface area contributed by atoms with Crippen LogP contribution in [0.15, 0.2) is 12.1 Å². The van der Waals surface area contributed by atoms with Gasteiger partial charge < -0.3 is 20.1 Å². The minimum atomic E-state index is 0.369. The molecule has 2 aliphatic carbocycles. The molecule has 4 rings (SSSR count). The van der Waals surface area contributed by atoms with Gasteiger partial charge in [-0.1, -0.05) is 0 Å². The largest absolute Gasteiger partial charge is 0.476 e. The van der Waals surface area contributed by atoms with Crippen LogP contribution in [0.25, 0.3) is 0 Å². The van der Waals surface area contributed by atoms with Gasteiger partial charge in [0.1, 0.15) is 5.82 Å². The molecule has 2 unspecified atom stereocenters. The fourth-order valence-corrected chi connectivity index (χ4v) is 3.41. The van der Waals surface area contributed by atoms with E-state index in [0.29, 0.717) is 29.6 Å². The third-order valence-corrected chi connectivity index (χ3v) is 4.80. The molecule has 1 aromatic heterocycles. The number of pyridine rings is 1. The molecule has 0 radical (unpaired) electrons. The molecule has 1 aliphatic heterocycles. The zero-order valence-electron chi connectivity index (χ0n) is 12.3. The highest BCUT2D eigenvalue weighted by Gasteiger charge is 2.36. The Morgan fingerprint density at radius 2 is 2.19 bits per heavy atom. The molecule has 1 saturated heterocycles. The quantitative estimate of drug-likeness (QED) is 0.921. The van der Waals surface area contributed by atoms with Crippen LogP contribution >= 0.6 is 0 Å². The van der Waals surface area contributed by atoms with Crippen LogP contribution in [-0.2, 0) is 4.74 Å². The summed E-state index contributed by atoms with van der Waals surface area (Å²) >= 11 is 0. The van der Waals surface area contributed by atoms with Crippen LogP contribution < -0.4 is 15.4 Å². The summed E-state index contributed by atoms with van der Waals surface area (Å²) in [5, 5.41) is 0. The molecule has 5 heteroatoms. The Hall–Kier alpha value is -1.49. The molecule has 0 spiro atoms. The maximum Gasteiger partial charge on any atom is 0.239 e. The fraction of sp³-hybridized carbons (Fsp3) is 0.688. The van der Waals surface area contributed by atoms with Gasteiger partial charge in [0.15, 0.2) is 0 Å². The first-order valence-corrected chi connectivity index (χ1v) is 8.09. The first-order chi connectivity index (χ1) is 10.3. The molecule has 0 amide bonds. The molecule has 1 aromatic rings. The number of anilines is 2. The van der Waals surface area contributed by atoms with Gasteiger partial charge in [0.2, 0.25) is 5.88 Å². The number of hydrogen-bond donors (Lipinski definition) is 1. The third kappa shape index (κ3) is 2.67. The van der Waals surface area contributed by atoms with E-state index in [4.69, 9.17) is 15.2 Å². The van der Waals surface area contributed by atoms with Gasteiger partial charge in [0, 0.05) is 6.54 Å². The van der Waals surface area contributed by atoms with Crippen molar-refractivity contribution < 1.29 is 9.47 Å². The Bertz CT molecular complexity index is 518. The SMILES string of the molecule is Nc1ccc(N2CCOC3CCCC32)nc1OCC1CC1. The first kappa shape index (κ1) is 13.2. The van der Waals surface area contributed by atoms with Gasteiger partial charge in [-0.05, 0) is 50.2 Å². The molecule has 21 heavy (non-hydrogen) atoms. The fourth-order valence-electron chi connectivity index (χ4n) is 3.41. The number of hydrogen-bond acceptors (Lipinski definition) is 5. The van der Waals surface area contributed by atoms with Crippen LogP contribution in [-0.4, -0.2) is 36.9 Å². The lowest BCUT2D eigenvalue weighted by molar-refractivity contribution is 0.0253. The zero-order valence-corrected chi connectivity index (χ0v) is 12.3. The van der Waals surface area contributed by atoms with Gasteiger partial charge in [-0.2, -0.15) is 4.98 Å². The van der Waals surface area contributed by atoms with E-state index in [1.807, 2.05) is 12.1 Å². The Labute approximate surface area is 125 Å². The second kappa shape index (κ2) is 5.37. The molecule has 2 heterocycles. The van der Waals surface area contributed by atoms with Crippen molar-refractivity contribution >= 4 is 11.5 Å². The van der Waals surface area contributed by atoms with Crippen molar-refractivity contribution in [2.24, 2.45) is 5.92 Å². The van der Waals surface area contributed by atoms with E-state index < -0.39 is 0 Å². The number of nitrogen functional groups attached to an aromatic ring is 1. The predicted molar refractivity (Wildman–Crippen MR) is 81.6 cm³/mol. The lowest BCUT2D eigenvalue weighted by Crippen LogP contribution is -2.49. The van der Waals surface area contributed by atoms with E-state index in [1.165, 1.54) is 32.1 Å². The van der Waals surface area contributed by atoms with Crippen molar-refractivity contribution in [1.29, 1.82) is 0 Å². The molecule has 2 saturated carbocycles. The molecule has 0 bridgehead atoms. The highest BCUT2D eigenvalue weighted by molar-refractivity contribution is 5.55. The van der Waals surface area contributed by atoms with Crippen LogP contribution in [0.5, 0.6) is 5.88 Å². The molecule has 3 fully saturated rings. The van der Waals surface area contributed by atoms with Gasteiger partial charge in [0.05, 0.1) is 31.0 Å². The molecular weight excluding hydrogens is 266 g/mol. The zero-order chi connectivity index (χ0) is 14.2. The highest BCUT2D eigenvalue weighted by Crippen LogP contribution is 2.35. The summed E-state index contributed by atoms with van der Waals surface area (Å²) in [4.78, 5) is 7.06. The standard InChI is InChI=1S/C16H23N3O2/c17-12-6-7-15(18-16(12)21-10-11-4-5-11)19-8-9-20-14-3-1-2-13(14)19/h6-7,11,13-14H,1-5,8-10,17H2. The molecular formula is C16H23N3O2. The number of morpholine rings is 1. The van der Waals surface area contributed by atoms with Crippen molar-refractivity contribution in [3.8, 4) is 5.88 Å². The number of rotatable bonds is 4. The van der Waals surface area contributed by atoms with E-state index in [9.17, 15) is 0 Å². The number of nitrogens with zero attached hydrogens (tertiary/aromatic N) is 2. The summed E-state index contributed by atoms with van der Waals surface area (Å²) < 4.78 is 11.7. The second-order valence-corrected chi connectivity index (χ2v) is 6.42. The smallest absolute Gasteiger partial charge is 0.239 e. The third-order valence-electron chi connectivity index (χ3n) is 4.80. The Kier molecular flexibility index (Phi) is 3.37. The summed E-state index contributed by atoms with van der Waals surface area (Å²) in [7, 11) is 0. The lowest BCUT2D eigenvalue weighted by atomic mass is 10.1. The molecule has 2 N–H and O–H groups in total. The monoisotopic (exact) mass is 289 g/mol. The van der Waals surface area contributed by atoms with Gasteiger partial charge in [-0.3, -0.25) is 0 Å². The molecule has 3 aliphatic rings. The average molecular weight is 289 g/mol. The minimum Gasteiger partial charge on any atom is -0.476 e. The predicted octanol–water partition coefficient (Wildman–Crippen LogP) is 2.21. The molecule has 5 nitrogen and oxygen atoms in total. The summed E-state index contributed by atoms with van der Waals surface area (Å²) in [6.07, 6.45) is 6.51. The van der Waals surface area contributed by atoms with Gasteiger partial charge in [-0.15, -0.1) is 0 Å². The maximum atomic E-state index is 6.00. The lowest BCUT2D eigenvalue weighted by Gasteiger charge is -2.38. The van der Waals surface area contributed by atoms with Crippen LogP contribution in [0.1, 0.15) is 32.1 Å². The Morgan fingerprint density at radius 3 is 3.05 bits per heavy atom. The van der Waals surface area contributed by atoms with Crippen molar-refractivity contribution in [3.05, 3.63) is 12.1 Å². The van der Waals surface area contributed by atoms with E-state index in [-0.39, 0.29) is 0 Å². The number of ether oxygens (including phenoxy) is 2. The molecule has 0 aromatic carbocycles. The van der Waals surface area contributed by atoms with Crippen LogP contribution in [0.2, 0.25) is 0 Å². The van der Waals surface area contributed by atoms with Gasteiger partial charge in [-0.25, -0.2) is 0 Å². The van der Waals surface area contributed by atoms with E-state index >= 15 is 0 Å². The topological polar surface area (TPSA) is 60.6 Å². The number of aromatic nitrogens is 1. The van der Waals surface area contributed by atoms with E-state index in [2.05, 4.69) is 9.88 Å². The second-order valence-electron chi connectivity index (χ2n) is 6.42. The Morgan fingerprint density at radius 1 is 1.29 bits per heavy atom. The summed E-state index contributed by atoms with van der Waals surface area (Å²) in [5.74, 6) is 2.29. The summed E-state index contributed by atoms with van der Waals surface area (Å²) in [6, 6.07) is 4.40. The van der Waals surface area contributed by atoms with E-state index in [1.54, 1.807) is 0 Å². The maximum absolute atomic E-state index is 6.00.